The lowest BCUT2D eigenvalue weighted by molar-refractivity contribution is -0.120. The van der Waals surface area contributed by atoms with Gasteiger partial charge in [-0.3, -0.25) is 4.79 Å². The van der Waals surface area contributed by atoms with Gasteiger partial charge in [-0.15, -0.1) is 0 Å². The highest BCUT2D eigenvalue weighted by atomic mass is 19.1. The number of halogens is 1. The molecule has 1 fully saturated rings. The summed E-state index contributed by atoms with van der Waals surface area (Å²) >= 11 is 0. The SMILES string of the molecule is COc1ccc(CCC(=O)C2CC2)cc1F. The molecule has 0 heterocycles. The monoisotopic (exact) mass is 222 g/mol. The fourth-order valence-electron chi connectivity index (χ4n) is 1.74. The maximum Gasteiger partial charge on any atom is 0.165 e. The normalized spacial score (nSPS) is 14.9. The van der Waals surface area contributed by atoms with Crippen LogP contribution in [-0.2, 0) is 11.2 Å². The van der Waals surface area contributed by atoms with Gasteiger partial charge in [0.25, 0.3) is 0 Å². The lowest BCUT2D eigenvalue weighted by Crippen LogP contribution is -2.02. The Morgan fingerprint density at radius 3 is 2.81 bits per heavy atom. The quantitative estimate of drug-likeness (QED) is 0.765. The van der Waals surface area contributed by atoms with Gasteiger partial charge in [0.15, 0.2) is 11.6 Å². The van der Waals surface area contributed by atoms with Crippen LogP contribution < -0.4 is 4.74 Å². The molecule has 86 valence electrons. The summed E-state index contributed by atoms with van der Waals surface area (Å²) in [7, 11) is 1.44. The van der Waals surface area contributed by atoms with Gasteiger partial charge in [0.1, 0.15) is 5.78 Å². The molecule has 0 unspecified atom stereocenters. The molecule has 1 aliphatic carbocycles. The van der Waals surface area contributed by atoms with Gasteiger partial charge in [0.2, 0.25) is 0 Å². The second kappa shape index (κ2) is 4.64. The number of aryl methyl sites for hydroxylation is 1. The van der Waals surface area contributed by atoms with Crippen LogP contribution in [0, 0.1) is 11.7 Å². The van der Waals surface area contributed by atoms with Gasteiger partial charge in [-0.25, -0.2) is 4.39 Å². The van der Waals surface area contributed by atoms with Crippen LogP contribution in [0.2, 0.25) is 0 Å². The van der Waals surface area contributed by atoms with Crippen LogP contribution in [-0.4, -0.2) is 12.9 Å². The zero-order valence-electron chi connectivity index (χ0n) is 9.33. The number of ether oxygens (including phenoxy) is 1. The van der Waals surface area contributed by atoms with Crippen LogP contribution in [0.1, 0.15) is 24.8 Å². The molecular weight excluding hydrogens is 207 g/mol. The Kier molecular flexibility index (Phi) is 3.22. The Morgan fingerprint density at radius 1 is 1.50 bits per heavy atom. The van der Waals surface area contributed by atoms with E-state index in [9.17, 15) is 9.18 Å². The lowest BCUT2D eigenvalue weighted by Gasteiger charge is -2.04. The average Bonchev–Trinajstić information content (AvgIpc) is 3.10. The van der Waals surface area contributed by atoms with Gasteiger partial charge in [0, 0.05) is 12.3 Å². The topological polar surface area (TPSA) is 26.3 Å². The third-order valence-electron chi connectivity index (χ3n) is 2.91. The van der Waals surface area contributed by atoms with Gasteiger partial charge in [-0.1, -0.05) is 6.07 Å². The molecule has 3 heteroatoms. The number of methoxy groups -OCH3 is 1. The highest BCUT2D eigenvalue weighted by Crippen LogP contribution is 2.31. The van der Waals surface area contributed by atoms with Gasteiger partial charge in [0.05, 0.1) is 7.11 Å². The van der Waals surface area contributed by atoms with Crippen LogP contribution in [0.15, 0.2) is 18.2 Å². The molecule has 1 saturated carbocycles. The van der Waals surface area contributed by atoms with Gasteiger partial charge < -0.3 is 4.74 Å². The summed E-state index contributed by atoms with van der Waals surface area (Å²) in [5.74, 6) is 0.496. The van der Waals surface area contributed by atoms with E-state index in [1.54, 1.807) is 6.07 Å². The average molecular weight is 222 g/mol. The van der Waals surface area contributed by atoms with Crippen molar-refractivity contribution in [3.05, 3.63) is 29.6 Å². The molecular formula is C13H15FO2. The largest absolute Gasteiger partial charge is 0.494 e. The molecule has 2 rings (SSSR count). The molecule has 0 N–H and O–H groups in total. The van der Waals surface area contributed by atoms with E-state index in [1.807, 2.05) is 6.07 Å². The van der Waals surface area contributed by atoms with E-state index in [0.29, 0.717) is 24.5 Å². The molecule has 2 nitrogen and oxygen atoms in total. The molecule has 1 aromatic carbocycles. The summed E-state index contributed by atoms with van der Waals surface area (Å²) in [4.78, 5) is 11.5. The zero-order chi connectivity index (χ0) is 11.5. The molecule has 0 radical (unpaired) electrons. The number of hydrogen-bond acceptors (Lipinski definition) is 2. The second-order valence-electron chi connectivity index (χ2n) is 4.21. The van der Waals surface area contributed by atoms with Crippen molar-refractivity contribution < 1.29 is 13.9 Å². The van der Waals surface area contributed by atoms with E-state index in [-0.39, 0.29) is 11.6 Å². The van der Waals surface area contributed by atoms with E-state index in [1.165, 1.54) is 13.2 Å². The van der Waals surface area contributed by atoms with E-state index >= 15 is 0 Å². The van der Waals surface area contributed by atoms with Crippen molar-refractivity contribution in [2.45, 2.75) is 25.7 Å². The standard InChI is InChI=1S/C13H15FO2/c1-16-13-7-3-9(8-11(13)14)2-6-12(15)10-4-5-10/h3,7-8,10H,2,4-6H2,1H3. The Morgan fingerprint density at radius 2 is 2.25 bits per heavy atom. The van der Waals surface area contributed by atoms with Crippen molar-refractivity contribution in [1.82, 2.24) is 0 Å². The molecule has 0 bridgehead atoms. The van der Waals surface area contributed by atoms with E-state index < -0.39 is 0 Å². The lowest BCUT2D eigenvalue weighted by atomic mass is 10.1. The van der Waals surface area contributed by atoms with Crippen LogP contribution in [0.3, 0.4) is 0 Å². The summed E-state index contributed by atoms with van der Waals surface area (Å²) in [6.45, 7) is 0. The van der Waals surface area contributed by atoms with E-state index in [2.05, 4.69) is 0 Å². The van der Waals surface area contributed by atoms with Crippen molar-refractivity contribution in [1.29, 1.82) is 0 Å². The predicted octanol–water partition coefficient (Wildman–Crippen LogP) is 2.75. The minimum Gasteiger partial charge on any atom is -0.494 e. The number of hydrogen-bond donors (Lipinski definition) is 0. The maximum absolute atomic E-state index is 13.3. The van der Waals surface area contributed by atoms with Crippen molar-refractivity contribution in [3.8, 4) is 5.75 Å². The molecule has 16 heavy (non-hydrogen) atoms. The first-order valence-corrected chi connectivity index (χ1v) is 5.56. The van der Waals surface area contributed by atoms with Gasteiger partial charge in [-0.05, 0) is 37.0 Å². The minimum absolute atomic E-state index is 0.247. The van der Waals surface area contributed by atoms with Crippen LogP contribution in [0.4, 0.5) is 4.39 Å². The third-order valence-corrected chi connectivity index (χ3v) is 2.91. The smallest absolute Gasteiger partial charge is 0.165 e. The number of ketones is 1. The minimum atomic E-state index is -0.362. The fraction of sp³-hybridized carbons (Fsp3) is 0.462. The second-order valence-corrected chi connectivity index (χ2v) is 4.21. The van der Waals surface area contributed by atoms with Gasteiger partial charge in [-0.2, -0.15) is 0 Å². The summed E-state index contributed by atoms with van der Waals surface area (Å²) < 4.78 is 18.2. The highest BCUT2D eigenvalue weighted by molar-refractivity contribution is 5.83. The summed E-state index contributed by atoms with van der Waals surface area (Å²) in [5, 5.41) is 0. The number of rotatable bonds is 5. The van der Waals surface area contributed by atoms with Crippen LogP contribution in [0.5, 0.6) is 5.75 Å². The maximum atomic E-state index is 13.3. The Bertz CT molecular complexity index is 397. The number of benzene rings is 1. The van der Waals surface area contributed by atoms with E-state index in [0.717, 1.165) is 18.4 Å². The summed E-state index contributed by atoms with van der Waals surface area (Å²) in [5.41, 5.74) is 0.854. The summed E-state index contributed by atoms with van der Waals surface area (Å²) in [6, 6.07) is 4.85. The van der Waals surface area contributed by atoms with E-state index in [4.69, 9.17) is 4.74 Å². The molecule has 0 saturated heterocycles. The van der Waals surface area contributed by atoms with Crippen molar-refractivity contribution in [2.24, 2.45) is 5.92 Å². The molecule has 1 aromatic rings. The molecule has 0 amide bonds. The predicted molar refractivity (Wildman–Crippen MR) is 59.0 cm³/mol. The molecule has 0 spiro atoms. The fourth-order valence-corrected chi connectivity index (χ4v) is 1.74. The number of carbonyl (C=O) groups excluding carboxylic acids is 1. The highest BCUT2D eigenvalue weighted by Gasteiger charge is 2.28. The molecule has 1 aliphatic rings. The first-order chi connectivity index (χ1) is 7.70. The number of carbonyl (C=O) groups is 1. The van der Waals surface area contributed by atoms with Crippen molar-refractivity contribution in [3.63, 3.8) is 0 Å². The Hall–Kier alpha value is -1.38. The Balaban J connectivity index is 1.93. The Labute approximate surface area is 94.4 Å². The molecule has 0 aliphatic heterocycles. The zero-order valence-corrected chi connectivity index (χ0v) is 9.33. The number of Topliss-reactive ketones (excluding diaryl/α,β-unsaturated/α-hetero) is 1. The summed E-state index contributed by atoms with van der Waals surface area (Å²) in [6.07, 6.45) is 3.22. The van der Waals surface area contributed by atoms with Crippen LogP contribution in [0.25, 0.3) is 0 Å². The van der Waals surface area contributed by atoms with Crippen LogP contribution >= 0.6 is 0 Å². The first-order valence-electron chi connectivity index (χ1n) is 5.56. The molecule has 0 aromatic heterocycles. The van der Waals surface area contributed by atoms with Gasteiger partial charge >= 0.3 is 0 Å². The third kappa shape index (κ3) is 2.60. The van der Waals surface area contributed by atoms with Crippen molar-refractivity contribution >= 4 is 5.78 Å². The van der Waals surface area contributed by atoms with Crippen molar-refractivity contribution in [2.75, 3.05) is 7.11 Å². The molecule has 0 atom stereocenters. The first kappa shape index (κ1) is 11.1.